The number of fused-ring (bicyclic) bond motifs is 2. The van der Waals surface area contributed by atoms with Crippen LogP contribution in [-0.2, 0) is 22.0 Å². The first kappa shape index (κ1) is 16.5. The Balaban J connectivity index is 1.84. The first-order valence-corrected chi connectivity index (χ1v) is 9.12. The van der Waals surface area contributed by atoms with Crippen LogP contribution in [0.4, 0.5) is 13.2 Å². The van der Waals surface area contributed by atoms with E-state index in [9.17, 15) is 21.6 Å². The summed E-state index contributed by atoms with van der Waals surface area (Å²) in [7, 11) is -3.63. The van der Waals surface area contributed by atoms with Gasteiger partial charge in [-0.15, -0.1) is 0 Å². The molecule has 3 rings (SSSR count). The molecule has 0 aliphatic carbocycles. The Labute approximate surface area is 133 Å². The fourth-order valence-corrected chi connectivity index (χ4v) is 5.67. The lowest BCUT2D eigenvalue weighted by molar-refractivity contribution is -0.137. The van der Waals surface area contributed by atoms with Crippen LogP contribution in [-0.4, -0.2) is 24.8 Å². The van der Waals surface area contributed by atoms with Gasteiger partial charge in [0.25, 0.3) is 0 Å². The Hall–Kier alpha value is -1.34. The molecule has 0 aromatic heterocycles. The van der Waals surface area contributed by atoms with E-state index in [2.05, 4.69) is 6.58 Å². The number of nitrogens with zero attached hydrogens (tertiary/aromatic N) is 1. The minimum Gasteiger partial charge on any atom is -0.212 e. The number of alkyl halides is 3. The first-order chi connectivity index (χ1) is 10.7. The first-order valence-electron chi connectivity index (χ1n) is 7.51. The Bertz CT molecular complexity index is 711. The van der Waals surface area contributed by atoms with Crippen LogP contribution in [0.3, 0.4) is 0 Å². The lowest BCUT2D eigenvalue weighted by atomic mass is 10.0. The number of piperidine rings is 1. The van der Waals surface area contributed by atoms with Gasteiger partial charge in [0.15, 0.2) is 0 Å². The largest absolute Gasteiger partial charge is 0.416 e. The fourth-order valence-electron chi connectivity index (χ4n) is 3.65. The van der Waals surface area contributed by atoms with Gasteiger partial charge >= 0.3 is 6.18 Å². The summed E-state index contributed by atoms with van der Waals surface area (Å²) >= 11 is 0. The van der Waals surface area contributed by atoms with Crippen molar-refractivity contribution in [1.29, 1.82) is 0 Å². The van der Waals surface area contributed by atoms with Crippen LogP contribution in [0.25, 0.3) is 0 Å². The van der Waals surface area contributed by atoms with Crippen LogP contribution in [0.2, 0.25) is 0 Å². The topological polar surface area (TPSA) is 37.4 Å². The Morgan fingerprint density at radius 3 is 2.35 bits per heavy atom. The molecule has 0 N–H and O–H groups in total. The van der Waals surface area contributed by atoms with E-state index in [4.69, 9.17) is 0 Å². The second kappa shape index (κ2) is 5.63. The smallest absolute Gasteiger partial charge is 0.212 e. The van der Waals surface area contributed by atoms with Gasteiger partial charge in [-0.1, -0.05) is 30.4 Å². The minimum absolute atomic E-state index is 0.0861. The summed E-state index contributed by atoms with van der Waals surface area (Å²) in [6, 6.07) is 4.37. The second-order valence-electron chi connectivity index (χ2n) is 6.33. The van der Waals surface area contributed by atoms with Crippen molar-refractivity contribution in [2.24, 2.45) is 0 Å². The van der Waals surface area contributed by atoms with Gasteiger partial charge in [-0.3, -0.25) is 0 Å². The molecule has 2 aliphatic heterocycles. The maximum absolute atomic E-state index is 12.8. The molecule has 2 aliphatic rings. The zero-order valence-corrected chi connectivity index (χ0v) is 13.3. The summed E-state index contributed by atoms with van der Waals surface area (Å²) in [6.07, 6.45) is -1.57. The highest BCUT2D eigenvalue weighted by Gasteiger charge is 2.44. The van der Waals surface area contributed by atoms with Crippen molar-refractivity contribution in [3.05, 3.63) is 47.5 Å². The van der Waals surface area contributed by atoms with Gasteiger partial charge in [-0.2, -0.15) is 17.5 Å². The minimum atomic E-state index is -4.47. The summed E-state index contributed by atoms with van der Waals surface area (Å²) < 4.78 is 65.2. The number of hydrogen-bond acceptors (Lipinski definition) is 2. The molecule has 0 amide bonds. The quantitative estimate of drug-likeness (QED) is 0.783. The highest BCUT2D eigenvalue weighted by atomic mass is 32.2. The van der Waals surface area contributed by atoms with E-state index >= 15 is 0 Å². The van der Waals surface area contributed by atoms with Crippen LogP contribution in [0.15, 0.2) is 36.4 Å². The van der Waals surface area contributed by atoms with Crippen molar-refractivity contribution in [2.45, 2.75) is 49.7 Å². The predicted octanol–water partition coefficient (Wildman–Crippen LogP) is 3.72. The van der Waals surface area contributed by atoms with Crippen molar-refractivity contribution in [3.63, 3.8) is 0 Å². The summed E-state index contributed by atoms with van der Waals surface area (Å²) in [5, 5.41) is 0. The number of hydrogen-bond donors (Lipinski definition) is 0. The maximum atomic E-state index is 12.8. The molecule has 23 heavy (non-hydrogen) atoms. The van der Waals surface area contributed by atoms with E-state index in [0.717, 1.165) is 30.5 Å². The van der Waals surface area contributed by atoms with Gasteiger partial charge < -0.3 is 0 Å². The van der Waals surface area contributed by atoms with Crippen LogP contribution >= 0.6 is 0 Å². The molecule has 1 aromatic rings. The lowest BCUT2D eigenvalue weighted by Gasteiger charge is -2.34. The number of sulfonamides is 1. The van der Waals surface area contributed by atoms with E-state index in [1.54, 1.807) is 0 Å². The van der Waals surface area contributed by atoms with Crippen molar-refractivity contribution in [2.75, 3.05) is 0 Å². The third kappa shape index (κ3) is 3.30. The maximum Gasteiger partial charge on any atom is 0.416 e. The molecule has 3 nitrogen and oxygen atoms in total. The standard InChI is InChI=1S/C16H18F3NO2S/c1-11-7-14-5-6-15(8-11)20(14)23(21,22)10-12-3-2-4-13(9-12)16(17,18)19/h2-4,9,14-15H,1,5-8,10H2. The molecule has 2 fully saturated rings. The van der Waals surface area contributed by atoms with E-state index < -0.39 is 27.5 Å². The SMILES string of the molecule is C=C1CC2CCC(C1)N2S(=O)(=O)Cc1cccc(C(F)(F)F)c1. The predicted molar refractivity (Wildman–Crippen MR) is 81.1 cm³/mol. The number of rotatable bonds is 3. The van der Waals surface area contributed by atoms with Crippen LogP contribution in [0.1, 0.15) is 36.8 Å². The van der Waals surface area contributed by atoms with Crippen molar-refractivity contribution in [1.82, 2.24) is 4.31 Å². The van der Waals surface area contributed by atoms with Gasteiger partial charge in [0.05, 0.1) is 11.3 Å². The molecule has 2 bridgehead atoms. The normalized spacial score (nSPS) is 25.8. The Morgan fingerprint density at radius 1 is 1.17 bits per heavy atom. The average Bonchev–Trinajstić information content (AvgIpc) is 2.71. The van der Waals surface area contributed by atoms with Gasteiger partial charge in [0, 0.05) is 12.1 Å². The van der Waals surface area contributed by atoms with Gasteiger partial charge in [-0.05, 0) is 37.3 Å². The molecule has 0 radical (unpaired) electrons. The third-order valence-corrected chi connectivity index (χ3v) is 6.46. The molecule has 7 heteroatoms. The van der Waals surface area contributed by atoms with Gasteiger partial charge in [0.1, 0.15) is 0 Å². The highest BCUT2D eigenvalue weighted by molar-refractivity contribution is 7.88. The summed E-state index contributed by atoms with van der Waals surface area (Å²) in [5.41, 5.74) is 0.409. The molecule has 0 saturated carbocycles. The van der Waals surface area contributed by atoms with Crippen LogP contribution < -0.4 is 0 Å². The molecular formula is C16H18F3NO2S. The average molecular weight is 345 g/mol. The van der Waals surface area contributed by atoms with E-state index in [-0.39, 0.29) is 17.6 Å². The summed E-state index contributed by atoms with van der Waals surface area (Å²) in [5.74, 6) is -0.392. The van der Waals surface area contributed by atoms with Crippen LogP contribution in [0.5, 0.6) is 0 Å². The molecule has 1 aromatic carbocycles. The molecule has 0 spiro atoms. The van der Waals surface area contributed by atoms with E-state index in [0.29, 0.717) is 12.8 Å². The Morgan fingerprint density at radius 2 is 1.78 bits per heavy atom. The molecular weight excluding hydrogens is 327 g/mol. The third-order valence-electron chi connectivity index (χ3n) is 4.53. The van der Waals surface area contributed by atoms with Gasteiger partial charge in [0.2, 0.25) is 10.0 Å². The number of benzene rings is 1. The Kier molecular flexibility index (Phi) is 4.04. The molecule has 126 valence electrons. The van der Waals surface area contributed by atoms with E-state index in [1.165, 1.54) is 16.4 Å². The van der Waals surface area contributed by atoms with E-state index in [1.807, 2.05) is 0 Å². The van der Waals surface area contributed by atoms with Crippen molar-refractivity contribution < 1.29 is 21.6 Å². The molecule has 2 heterocycles. The fraction of sp³-hybridized carbons (Fsp3) is 0.500. The van der Waals surface area contributed by atoms with Crippen LogP contribution in [0, 0.1) is 0 Å². The van der Waals surface area contributed by atoms with Crippen molar-refractivity contribution >= 4 is 10.0 Å². The zero-order chi connectivity index (χ0) is 16.8. The zero-order valence-electron chi connectivity index (χ0n) is 12.5. The number of halogens is 3. The molecule has 2 saturated heterocycles. The lowest BCUT2D eigenvalue weighted by Crippen LogP contribution is -2.44. The van der Waals surface area contributed by atoms with Gasteiger partial charge in [-0.25, -0.2) is 8.42 Å². The monoisotopic (exact) mass is 345 g/mol. The van der Waals surface area contributed by atoms with Crippen molar-refractivity contribution in [3.8, 4) is 0 Å². The highest BCUT2D eigenvalue weighted by Crippen LogP contribution is 2.40. The molecule has 2 atom stereocenters. The second-order valence-corrected chi connectivity index (χ2v) is 8.20. The summed E-state index contributed by atoms with van der Waals surface area (Å²) in [6.45, 7) is 3.95. The molecule has 2 unspecified atom stereocenters. The summed E-state index contributed by atoms with van der Waals surface area (Å²) in [4.78, 5) is 0.